The van der Waals surface area contributed by atoms with Gasteiger partial charge < -0.3 is 5.32 Å². The van der Waals surface area contributed by atoms with Gasteiger partial charge in [0.15, 0.2) is 0 Å². The molecule has 1 amide bonds. The second-order valence-electron chi connectivity index (χ2n) is 3.84. The second kappa shape index (κ2) is 4.53. The van der Waals surface area contributed by atoms with Crippen LogP contribution in [0.15, 0.2) is 0 Å². The Kier molecular flexibility index (Phi) is 3.64. The summed E-state index contributed by atoms with van der Waals surface area (Å²) in [5.74, 6) is 0.965. The summed E-state index contributed by atoms with van der Waals surface area (Å²) in [4.78, 5) is 10.8. The Bertz CT molecular complexity index is 161. The van der Waals surface area contributed by atoms with E-state index < -0.39 is 0 Å². The normalized spacial score (nSPS) is 29.8. The van der Waals surface area contributed by atoms with Crippen molar-refractivity contribution in [1.29, 1.82) is 0 Å². The molecule has 68 valence electrons. The quantitative estimate of drug-likeness (QED) is 0.603. The van der Waals surface area contributed by atoms with Gasteiger partial charge in [-0.1, -0.05) is 19.2 Å². The van der Waals surface area contributed by atoms with Crippen molar-refractivity contribution in [3.63, 3.8) is 0 Å². The highest BCUT2D eigenvalue weighted by Crippen LogP contribution is 2.26. The first-order chi connectivity index (χ1) is 5.72. The van der Waals surface area contributed by atoms with Crippen LogP contribution in [0.2, 0.25) is 6.32 Å². The minimum Gasteiger partial charge on any atom is -0.354 e. The molecule has 0 radical (unpaired) electrons. The van der Waals surface area contributed by atoms with Gasteiger partial charge in [0.1, 0.15) is 7.85 Å². The van der Waals surface area contributed by atoms with Gasteiger partial charge in [0.05, 0.1) is 0 Å². The number of nitrogens with one attached hydrogen (secondary N) is 1. The first-order valence-electron chi connectivity index (χ1n) is 4.99. The van der Waals surface area contributed by atoms with E-state index >= 15 is 0 Å². The zero-order chi connectivity index (χ0) is 8.97. The van der Waals surface area contributed by atoms with Gasteiger partial charge in [-0.3, -0.25) is 4.79 Å². The molecule has 0 bridgehead atoms. The van der Waals surface area contributed by atoms with Crippen molar-refractivity contribution in [2.75, 3.05) is 0 Å². The van der Waals surface area contributed by atoms with Crippen LogP contribution >= 0.6 is 0 Å². The zero-order valence-corrected chi connectivity index (χ0v) is 8.10. The number of hydrogen-bond donors (Lipinski definition) is 1. The third-order valence-electron chi connectivity index (χ3n) is 2.77. The third-order valence-corrected chi connectivity index (χ3v) is 2.77. The van der Waals surface area contributed by atoms with E-state index in [0.717, 1.165) is 5.92 Å². The van der Waals surface area contributed by atoms with Crippen LogP contribution in [0, 0.1) is 5.92 Å². The Morgan fingerprint density at radius 3 is 2.92 bits per heavy atom. The number of carbonyl (C=O) groups excluding carboxylic acids is 1. The number of amides is 1. The second-order valence-corrected chi connectivity index (χ2v) is 3.84. The zero-order valence-electron chi connectivity index (χ0n) is 8.10. The van der Waals surface area contributed by atoms with E-state index in [4.69, 9.17) is 0 Å². The molecule has 0 spiro atoms. The van der Waals surface area contributed by atoms with E-state index in [2.05, 4.69) is 13.2 Å². The average molecular weight is 167 g/mol. The van der Waals surface area contributed by atoms with E-state index in [9.17, 15) is 4.79 Å². The predicted molar refractivity (Wildman–Crippen MR) is 52.9 cm³/mol. The summed E-state index contributed by atoms with van der Waals surface area (Å²) < 4.78 is 0. The number of rotatable bonds is 2. The SMILES string of the molecule is BC[C@H]1CCC[C@@H](NC(C)=O)C1. The molecule has 1 aliphatic carbocycles. The molecule has 1 N–H and O–H groups in total. The molecule has 2 atom stereocenters. The van der Waals surface area contributed by atoms with Crippen LogP contribution in [-0.2, 0) is 4.79 Å². The lowest BCUT2D eigenvalue weighted by molar-refractivity contribution is -0.119. The summed E-state index contributed by atoms with van der Waals surface area (Å²) in [5.41, 5.74) is 0. The Balaban J connectivity index is 2.30. The molecule has 1 fully saturated rings. The Morgan fingerprint density at radius 1 is 1.58 bits per heavy atom. The van der Waals surface area contributed by atoms with E-state index in [-0.39, 0.29) is 5.91 Å². The molecule has 1 saturated carbocycles. The molecule has 0 heterocycles. The maximum atomic E-state index is 10.8. The van der Waals surface area contributed by atoms with Gasteiger partial charge in [0.2, 0.25) is 5.91 Å². The van der Waals surface area contributed by atoms with Gasteiger partial charge in [-0.05, 0) is 18.8 Å². The maximum absolute atomic E-state index is 10.8. The van der Waals surface area contributed by atoms with Crippen molar-refractivity contribution in [1.82, 2.24) is 5.32 Å². The Morgan fingerprint density at radius 2 is 2.33 bits per heavy atom. The van der Waals surface area contributed by atoms with Crippen molar-refractivity contribution in [2.45, 2.75) is 45.0 Å². The van der Waals surface area contributed by atoms with Crippen LogP contribution in [0.3, 0.4) is 0 Å². The van der Waals surface area contributed by atoms with Gasteiger partial charge in [-0.25, -0.2) is 0 Å². The lowest BCUT2D eigenvalue weighted by Crippen LogP contribution is -2.36. The maximum Gasteiger partial charge on any atom is 0.217 e. The highest BCUT2D eigenvalue weighted by molar-refractivity contribution is 6.08. The largest absolute Gasteiger partial charge is 0.354 e. The summed E-state index contributed by atoms with van der Waals surface area (Å²) in [7, 11) is 2.24. The molecule has 2 nitrogen and oxygen atoms in total. The van der Waals surface area contributed by atoms with E-state index in [1.54, 1.807) is 6.92 Å². The number of hydrogen-bond acceptors (Lipinski definition) is 1. The molecular weight excluding hydrogens is 149 g/mol. The van der Waals surface area contributed by atoms with Gasteiger partial charge >= 0.3 is 0 Å². The van der Waals surface area contributed by atoms with Crippen LogP contribution in [0.4, 0.5) is 0 Å². The van der Waals surface area contributed by atoms with Crippen molar-refractivity contribution in [3.8, 4) is 0 Å². The topological polar surface area (TPSA) is 29.1 Å². The molecule has 0 aliphatic heterocycles. The molecule has 0 aromatic rings. The summed E-state index contributed by atoms with van der Waals surface area (Å²) in [6.07, 6.45) is 6.26. The van der Waals surface area contributed by atoms with Crippen molar-refractivity contribution in [2.24, 2.45) is 5.92 Å². The molecule has 0 aromatic heterocycles. The van der Waals surface area contributed by atoms with E-state index in [1.807, 2.05) is 0 Å². The van der Waals surface area contributed by atoms with Crippen LogP contribution in [0.1, 0.15) is 32.6 Å². The third kappa shape index (κ3) is 2.88. The fourth-order valence-corrected chi connectivity index (χ4v) is 2.08. The van der Waals surface area contributed by atoms with Crippen LogP contribution in [-0.4, -0.2) is 19.8 Å². The lowest BCUT2D eigenvalue weighted by Gasteiger charge is -2.28. The van der Waals surface area contributed by atoms with E-state index in [0.29, 0.717) is 6.04 Å². The van der Waals surface area contributed by atoms with E-state index in [1.165, 1.54) is 32.0 Å². The smallest absolute Gasteiger partial charge is 0.217 e. The number of carbonyl (C=O) groups is 1. The molecule has 1 rings (SSSR count). The van der Waals surface area contributed by atoms with Crippen LogP contribution in [0.5, 0.6) is 0 Å². The van der Waals surface area contributed by atoms with Crippen LogP contribution < -0.4 is 5.32 Å². The summed E-state index contributed by atoms with van der Waals surface area (Å²) >= 11 is 0. The highest BCUT2D eigenvalue weighted by Gasteiger charge is 2.20. The molecule has 3 heteroatoms. The molecule has 0 unspecified atom stereocenters. The van der Waals surface area contributed by atoms with Gasteiger partial charge in [-0.2, -0.15) is 0 Å². The van der Waals surface area contributed by atoms with Gasteiger partial charge in [-0.15, -0.1) is 0 Å². The average Bonchev–Trinajstić information content (AvgIpc) is 2.03. The lowest BCUT2D eigenvalue weighted by atomic mass is 9.78. The first-order valence-corrected chi connectivity index (χ1v) is 4.99. The summed E-state index contributed by atoms with van der Waals surface area (Å²) in [6.45, 7) is 1.61. The molecule has 1 aliphatic rings. The van der Waals surface area contributed by atoms with Crippen molar-refractivity contribution in [3.05, 3.63) is 0 Å². The Labute approximate surface area is 75.5 Å². The first kappa shape index (κ1) is 9.62. The van der Waals surface area contributed by atoms with Gasteiger partial charge in [0, 0.05) is 13.0 Å². The molecule has 0 aromatic carbocycles. The fraction of sp³-hybridized carbons (Fsp3) is 0.889. The minimum absolute atomic E-state index is 0.122. The Hall–Kier alpha value is -0.465. The monoisotopic (exact) mass is 167 g/mol. The highest BCUT2D eigenvalue weighted by atomic mass is 16.1. The van der Waals surface area contributed by atoms with Gasteiger partial charge in [0.25, 0.3) is 0 Å². The predicted octanol–water partition coefficient (Wildman–Crippen LogP) is 0.733. The van der Waals surface area contributed by atoms with Crippen LogP contribution in [0.25, 0.3) is 0 Å². The minimum atomic E-state index is 0.122. The fourth-order valence-electron chi connectivity index (χ4n) is 2.08. The standard InChI is InChI=1S/C9H18BNO/c1-7(12)11-9-4-2-3-8(5-9)6-10/h8-9H,2-6,10H2,1H3,(H,11,12)/t8-,9+/m0/s1. The van der Waals surface area contributed by atoms with Crippen molar-refractivity contribution < 1.29 is 4.79 Å². The summed E-state index contributed by atoms with van der Waals surface area (Å²) in [6, 6.07) is 0.459. The van der Waals surface area contributed by atoms with Crippen molar-refractivity contribution >= 4 is 13.8 Å². The summed E-state index contributed by atoms with van der Waals surface area (Å²) in [5, 5.41) is 3.01. The molecular formula is C9H18BNO. The molecule has 12 heavy (non-hydrogen) atoms. The molecule has 0 saturated heterocycles.